The zero-order valence-electron chi connectivity index (χ0n) is 21.7. The fourth-order valence-corrected chi connectivity index (χ4v) is 4.27. The van der Waals surface area contributed by atoms with Gasteiger partial charge in [0.2, 0.25) is 0 Å². The summed E-state index contributed by atoms with van der Waals surface area (Å²) in [4.78, 5) is 28.0. The maximum atomic E-state index is 15.6. The quantitative estimate of drug-likeness (QED) is 0.160. The Labute approximate surface area is 230 Å². The SMILES string of the molecule is Cc1c(F)c(Br)c(N(CCC=N)C(=O)OC(C)(C)C)c(OCc2ccccc2)c1C(=O)Oc1ccccc1. The summed E-state index contributed by atoms with van der Waals surface area (Å²) in [6, 6.07) is 17.6. The molecule has 0 saturated heterocycles. The van der Waals surface area contributed by atoms with E-state index >= 15 is 4.39 Å². The van der Waals surface area contributed by atoms with Crippen molar-refractivity contribution in [3.63, 3.8) is 0 Å². The lowest BCUT2D eigenvalue weighted by Crippen LogP contribution is -2.38. The Morgan fingerprint density at radius 3 is 2.24 bits per heavy atom. The Hall–Kier alpha value is -3.72. The van der Waals surface area contributed by atoms with Crippen molar-refractivity contribution in [3.05, 3.63) is 87.6 Å². The van der Waals surface area contributed by atoms with Gasteiger partial charge in [0, 0.05) is 18.5 Å². The van der Waals surface area contributed by atoms with Crippen LogP contribution >= 0.6 is 15.9 Å². The molecule has 1 N–H and O–H groups in total. The molecule has 0 aromatic heterocycles. The number of nitrogens with zero attached hydrogens (tertiary/aromatic N) is 1. The average Bonchev–Trinajstić information content (AvgIpc) is 2.87. The van der Waals surface area contributed by atoms with Crippen molar-refractivity contribution in [2.45, 2.75) is 46.3 Å². The van der Waals surface area contributed by atoms with Gasteiger partial charge in [-0.3, -0.25) is 4.90 Å². The summed E-state index contributed by atoms with van der Waals surface area (Å²) >= 11 is 3.29. The molecular weight excluding hydrogens is 555 g/mol. The minimum absolute atomic E-state index is 0.0131. The van der Waals surface area contributed by atoms with Crippen LogP contribution in [0.2, 0.25) is 0 Å². The summed E-state index contributed by atoms with van der Waals surface area (Å²) in [5.74, 6) is -1.38. The lowest BCUT2D eigenvalue weighted by molar-refractivity contribution is 0.0578. The predicted octanol–water partition coefficient (Wildman–Crippen LogP) is 7.48. The van der Waals surface area contributed by atoms with Crippen LogP contribution in [-0.2, 0) is 11.3 Å². The molecule has 3 aromatic rings. The molecule has 38 heavy (non-hydrogen) atoms. The van der Waals surface area contributed by atoms with Crippen LogP contribution in [0, 0.1) is 18.2 Å². The molecule has 0 aliphatic carbocycles. The van der Waals surface area contributed by atoms with Gasteiger partial charge >= 0.3 is 12.1 Å². The molecule has 1 amide bonds. The summed E-state index contributed by atoms with van der Waals surface area (Å²) in [5, 5.41) is 7.50. The first kappa shape index (κ1) is 28.8. The highest BCUT2D eigenvalue weighted by atomic mass is 79.9. The van der Waals surface area contributed by atoms with Gasteiger partial charge in [0.05, 0.1) is 4.47 Å². The molecule has 0 spiro atoms. The Balaban J connectivity index is 2.22. The normalized spacial score (nSPS) is 11.0. The van der Waals surface area contributed by atoms with E-state index in [4.69, 9.17) is 19.6 Å². The monoisotopic (exact) mass is 584 g/mol. The summed E-state index contributed by atoms with van der Waals surface area (Å²) in [6.45, 7) is 6.58. The second kappa shape index (κ2) is 12.7. The Bertz CT molecular complexity index is 1290. The number of para-hydroxylation sites is 1. The molecule has 3 aromatic carbocycles. The molecule has 9 heteroatoms. The van der Waals surface area contributed by atoms with Crippen LogP contribution in [-0.4, -0.2) is 30.4 Å². The van der Waals surface area contributed by atoms with E-state index < -0.39 is 23.5 Å². The highest BCUT2D eigenvalue weighted by molar-refractivity contribution is 9.10. The Morgan fingerprint density at radius 1 is 1.05 bits per heavy atom. The van der Waals surface area contributed by atoms with Crippen molar-refractivity contribution >= 4 is 39.9 Å². The largest absolute Gasteiger partial charge is 0.486 e. The van der Waals surface area contributed by atoms with E-state index in [1.807, 2.05) is 30.3 Å². The van der Waals surface area contributed by atoms with Crippen LogP contribution in [0.4, 0.5) is 14.9 Å². The molecule has 0 atom stereocenters. The first-order valence-electron chi connectivity index (χ1n) is 12.0. The highest BCUT2D eigenvalue weighted by Gasteiger charge is 2.34. The molecule has 0 unspecified atom stereocenters. The summed E-state index contributed by atoms with van der Waals surface area (Å²) < 4.78 is 32.9. The van der Waals surface area contributed by atoms with Crippen LogP contribution in [0.3, 0.4) is 0 Å². The smallest absolute Gasteiger partial charge is 0.414 e. The van der Waals surface area contributed by atoms with E-state index in [9.17, 15) is 9.59 Å². The molecule has 0 bridgehead atoms. The van der Waals surface area contributed by atoms with Crippen LogP contribution in [0.5, 0.6) is 11.5 Å². The fourth-order valence-electron chi connectivity index (χ4n) is 3.58. The van der Waals surface area contributed by atoms with Crippen molar-refractivity contribution in [2.75, 3.05) is 11.4 Å². The summed E-state index contributed by atoms with van der Waals surface area (Å²) in [5.41, 5.74) is -0.261. The van der Waals surface area contributed by atoms with Gasteiger partial charge in [-0.25, -0.2) is 14.0 Å². The molecule has 0 saturated carbocycles. The number of amides is 1. The second-order valence-corrected chi connectivity index (χ2v) is 10.2. The minimum Gasteiger partial charge on any atom is -0.486 e. The zero-order chi connectivity index (χ0) is 27.9. The number of hydrogen-bond acceptors (Lipinski definition) is 6. The van der Waals surface area contributed by atoms with Crippen molar-refractivity contribution in [2.24, 2.45) is 0 Å². The molecule has 0 aliphatic heterocycles. The van der Waals surface area contributed by atoms with Gasteiger partial charge in [-0.1, -0.05) is 48.5 Å². The van der Waals surface area contributed by atoms with Gasteiger partial charge in [-0.2, -0.15) is 0 Å². The second-order valence-electron chi connectivity index (χ2n) is 9.41. The standard InChI is InChI=1S/C29H30BrFN2O5/c1-19-22(27(34)37-21-14-9-6-10-15-21)26(36-18-20-12-7-5-8-13-20)25(23(30)24(19)31)33(17-11-16-32)28(35)38-29(2,3)4/h5-10,12-16,32H,11,17-18H2,1-4H3. The topological polar surface area (TPSA) is 88.9 Å². The van der Waals surface area contributed by atoms with Crippen LogP contribution in [0.25, 0.3) is 0 Å². The maximum absolute atomic E-state index is 15.6. The van der Waals surface area contributed by atoms with Crippen LogP contribution < -0.4 is 14.4 Å². The molecule has 0 aliphatic rings. The molecule has 0 radical (unpaired) electrons. The number of carbonyl (C=O) groups is 2. The number of anilines is 1. The van der Waals surface area contributed by atoms with E-state index in [0.717, 1.165) is 11.8 Å². The van der Waals surface area contributed by atoms with Gasteiger partial charge < -0.3 is 19.6 Å². The Morgan fingerprint density at radius 2 is 1.66 bits per heavy atom. The van der Waals surface area contributed by atoms with E-state index in [-0.39, 0.29) is 52.4 Å². The first-order valence-corrected chi connectivity index (χ1v) is 12.8. The van der Waals surface area contributed by atoms with E-state index in [1.165, 1.54) is 11.8 Å². The summed E-state index contributed by atoms with van der Waals surface area (Å²) in [7, 11) is 0. The van der Waals surface area contributed by atoms with Gasteiger partial charge in [-0.15, -0.1) is 0 Å². The fraction of sp³-hybridized carbons (Fsp3) is 0.276. The minimum atomic E-state index is -0.851. The number of esters is 1. The molecule has 3 rings (SSSR count). The van der Waals surface area contributed by atoms with E-state index in [0.29, 0.717) is 0 Å². The highest BCUT2D eigenvalue weighted by Crippen LogP contribution is 2.44. The predicted molar refractivity (Wildman–Crippen MR) is 148 cm³/mol. The number of benzene rings is 3. The molecule has 0 heterocycles. The Kier molecular flexibility index (Phi) is 9.63. The molecule has 0 fully saturated rings. The number of hydrogen-bond donors (Lipinski definition) is 1. The van der Waals surface area contributed by atoms with Crippen molar-refractivity contribution in [1.82, 2.24) is 0 Å². The van der Waals surface area contributed by atoms with Crippen molar-refractivity contribution in [3.8, 4) is 11.5 Å². The van der Waals surface area contributed by atoms with Gasteiger partial charge in [0.15, 0.2) is 5.75 Å². The first-order chi connectivity index (χ1) is 18.0. The van der Waals surface area contributed by atoms with Crippen molar-refractivity contribution < 1.29 is 28.2 Å². The van der Waals surface area contributed by atoms with Crippen LogP contribution in [0.15, 0.2) is 65.1 Å². The molecule has 7 nitrogen and oxygen atoms in total. The van der Waals surface area contributed by atoms with Crippen LogP contribution in [0.1, 0.15) is 48.7 Å². The third-order valence-corrected chi connectivity index (χ3v) is 6.04. The zero-order valence-corrected chi connectivity index (χ0v) is 23.3. The van der Waals surface area contributed by atoms with E-state index in [2.05, 4.69) is 15.9 Å². The van der Waals surface area contributed by atoms with E-state index in [1.54, 1.807) is 51.1 Å². The molecule has 200 valence electrons. The average molecular weight is 585 g/mol. The van der Waals surface area contributed by atoms with Gasteiger partial charge in [0.1, 0.15) is 35.0 Å². The maximum Gasteiger partial charge on any atom is 0.414 e. The number of halogens is 2. The summed E-state index contributed by atoms with van der Waals surface area (Å²) in [6.07, 6.45) is 0.504. The third kappa shape index (κ3) is 7.19. The number of rotatable bonds is 9. The third-order valence-electron chi connectivity index (χ3n) is 5.31. The number of nitrogens with one attached hydrogen (secondary N) is 1. The lowest BCUT2D eigenvalue weighted by atomic mass is 10.0. The lowest BCUT2D eigenvalue weighted by Gasteiger charge is -2.30. The van der Waals surface area contributed by atoms with Gasteiger partial charge in [0.25, 0.3) is 0 Å². The number of ether oxygens (including phenoxy) is 3. The van der Waals surface area contributed by atoms with Gasteiger partial charge in [-0.05, 0) is 67.5 Å². The number of carbonyl (C=O) groups excluding carboxylic acids is 2. The van der Waals surface area contributed by atoms with Crippen molar-refractivity contribution in [1.29, 1.82) is 5.41 Å². The molecular formula is C29H30BrFN2O5.